The number of amides is 6. The van der Waals surface area contributed by atoms with Gasteiger partial charge in [0.15, 0.2) is 5.65 Å². The second-order valence-electron chi connectivity index (χ2n) is 12.1. The molecule has 16 nitrogen and oxygen atoms in total. The Bertz CT molecular complexity index is 2710. The number of carbonyl (C=O) groups is 4. The average molecular weight is 873 g/mol. The lowest BCUT2D eigenvalue weighted by Gasteiger charge is -2.11. The van der Waals surface area contributed by atoms with E-state index in [1.54, 1.807) is 27.9 Å². The van der Waals surface area contributed by atoms with Gasteiger partial charge in [0.05, 0.1) is 43.9 Å². The molecular formula is C35H29ClF8N10O6. The topological polar surface area (TPSA) is 218 Å². The maximum Gasteiger partial charge on any atom is 0.419 e. The van der Waals surface area contributed by atoms with Crippen molar-refractivity contribution in [2.75, 3.05) is 17.7 Å². The van der Waals surface area contributed by atoms with E-state index >= 15 is 0 Å². The van der Waals surface area contributed by atoms with Gasteiger partial charge in [-0.2, -0.15) is 36.5 Å². The van der Waals surface area contributed by atoms with E-state index in [0.29, 0.717) is 52.3 Å². The van der Waals surface area contributed by atoms with Crippen molar-refractivity contribution in [2.45, 2.75) is 26.2 Å². The summed E-state index contributed by atoms with van der Waals surface area (Å²) in [7, 11) is 4.24. The van der Waals surface area contributed by atoms with Crippen LogP contribution in [0.25, 0.3) is 22.1 Å². The number of alkyl halides is 6. The molecule has 318 valence electrons. The van der Waals surface area contributed by atoms with Crippen LogP contribution in [-0.4, -0.2) is 65.6 Å². The van der Waals surface area contributed by atoms with Crippen molar-refractivity contribution in [2.24, 2.45) is 14.1 Å². The Morgan fingerprint density at radius 1 is 0.733 bits per heavy atom. The number of hydrogen-bond acceptors (Lipinski definition) is 9. The average Bonchev–Trinajstić information content (AvgIpc) is 3.62. The summed E-state index contributed by atoms with van der Waals surface area (Å²) in [6, 6.07) is 1.38. The summed E-state index contributed by atoms with van der Waals surface area (Å²) in [4.78, 5) is 67.8. The van der Waals surface area contributed by atoms with E-state index < -0.39 is 70.1 Å². The first-order valence-corrected chi connectivity index (χ1v) is 16.8. The van der Waals surface area contributed by atoms with Crippen molar-refractivity contribution in [3.63, 3.8) is 0 Å². The Hall–Kier alpha value is -6.95. The lowest BCUT2D eigenvalue weighted by Crippen LogP contribution is -2.37. The summed E-state index contributed by atoms with van der Waals surface area (Å²) < 4.78 is 106. The molecule has 0 bridgehead atoms. The van der Waals surface area contributed by atoms with Crippen LogP contribution in [-0.2, 0) is 26.4 Å². The molecular weight excluding hydrogens is 844 g/mol. The van der Waals surface area contributed by atoms with Crippen LogP contribution in [0.15, 0.2) is 53.6 Å². The van der Waals surface area contributed by atoms with E-state index in [2.05, 4.69) is 20.2 Å². The third kappa shape index (κ3) is 10.0. The lowest BCUT2D eigenvalue weighted by molar-refractivity contribution is -0.140. The van der Waals surface area contributed by atoms with E-state index in [0.717, 1.165) is 31.6 Å². The number of H-pyrrole nitrogens is 1. The van der Waals surface area contributed by atoms with Crippen LogP contribution in [0.1, 0.15) is 43.2 Å². The largest absolute Gasteiger partial charge is 0.419 e. The van der Waals surface area contributed by atoms with Crippen molar-refractivity contribution >= 4 is 68.9 Å². The summed E-state index contributed by atoms with van der Waals surface area (Å²) in [5.74, 6) is -5.00. The number of benzene rings is 2. The zero-order chi connectivity index (χ0) is 45.0. The fourth-order valence-electron chi connectivity index (χ4n) is 5.44. The number of aliphatic hydroxyl groups excluding tert-OH is 1. The minimum atomic E-state index is -4.96. The minimum absolute atomic E-state index is 0.0204. The molecule has 0 spiro atoms. The molecule has 60 heavy (non-hydrogen) atoms. The van der Waals surface area contributed by atoms with Crippen LogP contribution in [0.2, 0.25) is 5.02 Å². The van der Waals surface area contributed by atoms with Crippen LogP contribution in [0.4, 0.5) is 56.1 Å². The van der Waals surface area contributed by atoms with Gasteiger partial charge in [-0.3, -0.25) is 34.4 Å². The van der Waals surface area contributed by atoms with Crippen molar-refractivity contribution in [3.05, 3.63) is 109 Å². The van der Waals surface area contributed by atoms with Gasteiger partial charge < -0.3 is 20.7 Å². The van der Waals surface area contributed by atoms with Gasteiger partial charge >= 0.3 is 24.4 Å². The number of nitrogens with zero attached hydrogens (tertiary/aromatic N) is 5. The molecule has 0 atom stereocenters. The van der Waals surface area contributed by atoms with Crippen molar-refractivity contribution in [1.29, 1.82) is 0 Å². The zero-order valence-electron chi connectivity index (χ0n) is 31.2. The van der Waals surface area contributed by atoms with Gasteiger partial charge in [-0.1, -0.05) is 11.6 Å². The third-order valence-electron chi connectivity index (χ3n) is 8.01. The number of rotatable bonds is 4. The van der Waals surface area contributed by atoms with Crippen molar-refractivity contribution < 1.29 is 59.4 Å². The molecule has 0 unspecified atom stereocenters. The summed E-state index contributed by atoms with van der Waals surface area (Å²) in [5, 5.41) is 23.6. The molecule has 6 rings (SSSR count). The number of anilines is 2. The fraction of sp³-hybridized carbons (Fsp3) is 0.200. The Balaban J connectivity index is 0.000000254. The molecule has 0 fully saturated rings. The van der Waals surface area contributed by atoms with E-state index in [-0.39, 0.29) is 27.2 Å². The first-order valence-electron chi connectivity index (χ1n) is 16.4. The highest BCUT2D eigenvalue weighted by Crippen LogP contribution is 2.34. The van der Waals surface area contributed by atoms with Gasteiger partial charge in [0.2, 0.25) is 5.43 Å². The maximum atomic E-state index is 13.3. The maximum absolute atomic E-state index is 13.3. The van der Waals surface area contributed by atoms with Gasteiger partial charge in [-0.05, 0) is 50.2 Å². The highest BCUT2D eigenvalue weighted by Gasteiger charge is 2.35. The summed E-state index contributed by atoms with van der Waals surface area (Å²) in [5.41, 5.74) is -3.36. The first kappa shape index (κ1) is 45.7. The molecule has 0 saturated heterocycles. The van der Waals surface area contributed by atoms with Crippen molar-refractivity contribution in [3.8, 4) is 0 Å². The number of aromatic nitrogens is 6. The molecule has 4 heterocycles. The number of carbonyl (C=O) groups excluding carboxylic acids is 4. The number of halogens is 9. The molecule has 6 amide bonds. The number of aliphatic hydroxyl groups is 1. The van der Waals surface area contributed by atoms with Gasteiger partial charge in [0.1, 0.15) is 22.8 Å². The molecule has 0 aliphatic rings. The molecule has 6 aromatic rings. The molecule has 0 radical (unpaired) electrons. The second-order valence-corrected chi connectivity index (χ2v) is 12.4. The number of aromatic amines is 1. The Morgan fingerprint density at radius 2 is 1.18 bits per heavy atom. The predicted molar refractivity (Wildman–Crippen MR) is 198 cm³/mol. The number of aryl methyl sites for hydroxylation is 4. The second kappa shape index (κ2) is 17.9. The van der Waals surface area contributed by atoms with Crippen LogP contribution < -0.4 is 26.7 Å². The Labute approximate surface area is 335 Å². The monoisotopic (exact) mass is 872 g/mol. The molecule has 0 aliphatic carbocycles. The highest BCUT2D eigenvalue weighted by atomic mass is 35.5. The van der Waals surface area contributed by atoms with E-state index in [4.69, 9.17) is 16.7 Å². The fourth-order valence-corrected chi connectivity index (χ4v) is 5.79. The lowest BCUT2D eigenvalue weighted by atomic mass is 10.2. The number of nitrogens with one attached hydrogen (secondary N) is 5. The predicted octanol–water partition coefficient (Wildman–Crippen LogP) is 6.35. The van der Waals surface area contributed by atoms with Crippen LogP contribution in [0.5, 0.6) is 0 Å². The molecule has 0 saturated carbocycles. The SMILES string of the molecule is CO.Cc1nn(C)c2[nH]cc(C(=O)NC(=O)Nc3ccc(F)c(C(F)(F)F)c3)c(=O)c12.Cc1nn(C)c2ncc(C(=O)NC(=O)Nc3ccc(F)c(C(F)(F)F)c3)c(Cl)c12. The van der Waals surface area contributed by atoms with Crippen LogP contribution in [0.3, 0.4) is 0 Å². The van der Waals surface area contributed by atoms with Gasteiger partial charge in [-0.25, -0.2) is 23.4 Å². The summed E-state index contributed by atoms with van der Waals surface area (Å²) in [6.45, 7) is 3.23. The van der Waals surface area contributed by atoms with E-state index in [1.807, 2.05) is 21.3 Å². The zero-order valence-corrected chi connectivity index (χ0v) is 32.0. The van der Waals surface area contributed by atoms with E-state index in [1.165, 1.54) is 9.36 Å². The normalized spacial score (nSPS) is 11.2. The first-order chi connectivity index (χ1) is 28.0. The number of hydrogen-bond donors (Lipinski definition) is 6. The smallest absolute Gasteiger partial charge is 0.400 e. The van der Waals surface area contributed by atoms with Crippen LogP contribution >= 0.6 is 11.6 Å². The molecule has 0 aliphatic heterocycles. The van der Waals surface area contributed by atoms with Crippen LogP contribution in [0, 0.1) is 25.5 Å². The Kier molecular flexibility index (Phi) is 13.6. The molecule has 6 N–H and O–H groups in total. The van der Waals surface area contributed by atoms with E-state index in [9.17, 15) is 59.1 Å². The van der Waals surface area contributed by atoms with Crippen molar-refractivity contribution in [1.82, 2.24) is 40.2 Å². The standard InChI is InChI=1S/C17H12ClF4N5O2.C17H13F4N5O3.CH4O/c1-7-12-13(18)9(6-23-14(12)27(2)26-7)15(28)25-16(29)24-8-3-4-11(19)10(5-8)17(20,21)22;1-7-12-13(27)9(6-22-14(12)26(2)25-7)15(28)24-16(29)23-8-3-4-11(18)10(5-8)17(19,20)21;1-2/h3-6H,1-2H3,(H2,24,25,28,29);3-6H,1-2H3,(H,22,27)(H2,23,24,28,29);2H,1H3. The van der Waals surface area contributed by atoms with Gasteiger partial charge in [-0.15, -0.1) is 0 Å². The molecule has 4 aromatic heterocycles. The number of pyridine rings is 2. The highest BCUT2D eigenvalue weighted by molar-refractivity contribution is 6.38. The number of urea groups is 2. The third-order valence-corrected chi connectivity index (χ3v) is 8.41. The van der Waals surface area contributed by atoms with Gasteiger partial charge in [0.25, 0.3) is 11.8 Å². The minimum Gasteiger partial charge on any atom is -0.400 e. The molecule has 25 heteroatoms. The molecule has 2 aromatic carbocycles. The summed E-state index contributed by atoms with van der Waals surface area (Å²) >= 11 is 6.23. The van der Waals surface area contributed by atoms with Gasteiger partial charge in [0, 0.05) is 45.0 Å². The Morgan fingerprint density at radius 3 is 1.67 bits per heavy atom. The quantitative estimate of drug-likeness (QED) is 0.109. The number of imide groups is 2. The number of fused-ring (bicyclic) bond motifs is 2. The summed E-state index contributed by atoms with van der Waals surface area (Å²) in [6.07, 6.45) is -7.66.